The fraction of sp³-hybridized carbons (Fsp3) is 1.00. The lowest BCUT2D eigenvalue weighted by atomic mass is 9.91. The first kappa shape index (κ1) is 13.9. The lowest BCUT2D eigenvalue weighted by Gasteiger charge is -2.35. The Bertz CT molecular complexity index is 195. The molecular formula is C12H28N4. The second kappa shape index (κ2) is 6.55. The van der Waals surface area contributed by atoms with Crippen LogP contribution < -0.4 is 11.2 Å². The minimum Gasteiger partial charge on any atom is -0.329 e. The van der Waals surface area contributed by atoms with Gasteiger partial charge in [-0.15, -0.1) is 0 Å². The molecule has 0 aromatic heterocycles. The summed E-state index contributed by atoms with van der Waals surface area (Å²) < 4.78 is 0. The first-order chi connectivity index (χ1) is 7.62. The third-order valence-corrected chi connectivity index (χ3v) is 3.43. The van der Waals surface area contributed by atoms with Crippen LogP contribution in [0.5, 0.6) is 0 Å². The second-order valence-corrected chi connectivity index (χ2v) is 5.19. The molecule has 0 spiro atoms. The molecule has 16 heavy (non-hydrogen) atoms. The monoisotopic (exact) mass is 228 g/mol. The van der Waals surface area contributed by atoms with Crippen LogP contribution in [-0.2, 0) is 0 Å². The molecule has 1 aliphatic heterocycles. The van der Waals surface area contributed by atoms with Gasteiger partial charge in [-0.25, -0.2) is 5.43 Å². The van der Waals surface area contributed by atoms with Crippen molar-refractivity contribution in [3.05, 3.63) is 0 Å². The van der Waals surface area contributed by atoms with Crippen LogP contribution >= 0.6 is 0 Å². The topological polar surface area (TPSA) is 44.5 Å². The Morgan fingerprint density at radius 2 is 2.06 bits per heavy atom. The summed E-state index contributed by atoms with van der Waals surface area (Å²) in [5.41, 5.74) is 9.61. The number of nitrogens with two attached hydrogens (primary N) is 1. The van der Waals surface area contributed by atoms with Crippen molar-refractivity contribution in [3.8, 4) is 0 Å². The molecule has 0 bridgehead atoms. The van der Waals surface area contributed by atoms with Gasteiger partial charge in [-0.05, 0) is 45.3 Å². The Morgan fingerprint density at radius 3 is 2.62 bits per heavy atom. The number of rotatable bonds is 5. The van der Waals surface area contributed by atoms with Crippen LogP contribution in [-0.4, -0.2) is 55.7 Å². The summed E-state index contributed by atoms with van der Waals surface area (Å²) in [6.07, 6.45) is 4.83. The van der Waals surface area contributed by atoms with E-state index in [0.29, 0.717) is 0 Å². The molecule has 1 aliphatic rings. The van der Waals surface area contributed by atoms with Gasteiger partial charge in [0.1, 0.15) is 0 Å². The molecule has 0 aromatic carbocycles. The van der Waals surface area contributed by atoms with Gasteiger partial charge in [0.05, 0.1) is 0 Å². The predicted molar refractivity (Wildman–Crippen MR) is 69.2 cm³/mol. The van der Waals surface area contributed by atoms with E-state index in [1.54, 1.807) is 0 Å². The second-order valence-electron chi connectivity index (χ2n) is 5.19. The average molecular weight is 228 g/mol. The van der Waals surface area contributed by atoms with Gasteiger partial charge in [-0.1, -0.05) is 6.92 Å². The molecule has 4 heteroatoms. The third kappa shape index (κ3) is 4.01. The van der Waals surface area contributed by atoms with Gasteiger partial charge >= 0.3 is 0 Å². The minimum atomic E-state index is 0.117. The van der Waals surface area contributed by atoms with E-state index >= 15 is 0 Å². The standard InChI is InChI=1S/C12H28N4/c1-4-8-16-9-5-6-12(11-13,7-10-16)14-15(2)3/h14H,4-11,13H2,1-3H3. The SMILES string of the molecule is CCCN1CCCC(CN)(NN(C)C)CC1. The highest BCUT2D eigenvalue weighted by molar-refractivity contribution is 4.91. The largest absolute Gasteiger partial charge is 0.329 e. The quantitative estimate of drug-likeness (QED) is 0.678. The van der Waals surface area contributed by atoms with E-state index in [1.807, 2.05) is 19.1 Å². The van der Waals surface area contributed by atoms with E-state index in [4.69, 9.17) is 5.73 Å². The summed E-state index contributed by atoms with van der Waals surface area (Å²) in [5.74, 6) is 0. The smallest absolute Gasteiger partial charge is 0.0460 e. The van der Waals surface area contributed by atoms with Gasteiger partial charge in [0.15, 0.2) is 0 Å². The fourth-order valence-electron chi connectivity index (χ4n) is 2.63. The minimum absolute atomic E-state index is 0.117. The predicted octanol–water partition coefficient (Wildman–Crippen LogP) is 0.646. The van der Waals surface area contributed by atoms with E-state index in [0.717, 1.165) is 13.0 Å². The van der Waals surface area contributed by atoms with Crippen molar-refractivity contribution in [2.75, 3.05) is 40.3 Å². The molecule has 1 fully saturated rings. The van der Waals surface area contributed by atoms with E-state index in [-0.39, 0.29) is 5.54 Å². The first-order valence-corrected chi connectivity index (χ1v) is 6.49. The molecule has 0 aliphatic carbocycles. The van der Waals surface area contributed by atoms with Crippen LogP contribution in [0, 0.1) is 0 Å². The Morgan fingerprint density at radius 1 is 1.31 bits per heavy atom. The molecule has 4 nitrogen and oxygen atoms in total. The highest BCUT2D eigenvalue weighted by Crippen LogP contribution is 2.21. The van der Waals surface area contributed by atoms with Crippen molar-refractivity contribution in [2.45, 2.75) is 38.1 Å². The van der Waals surface area contributed by atoms with Crippen molar-refractivity contribution in [2.24, 2.45) is 5.73 Å². The molecule has 0 aromatic rings. The number of hydrazine groups is 1. The van der Waals surface area contributed by atoms with Crippen molar-refractivity contribution >= 4 is 0 Å². The molecule has 0 radical (unpaired) electrons. The molecule has 0 amide bonds. The van der Waals surface area contributed by atoms with Crippen LogP contribution in [0.1, 0.15) is 32.6 Å². The highest BCUT2D eigenvalue weighted by Gasteiger charge is 2.31. The molecule has 1 saturated heterocycles. The molecule has 1 rings (SSSR count). The van der Waals surface area contributed by atoms with E-state index < -0.39 is 0 Å². The number of nitrogens with zero attached hydrogens (tertiary/aromatic N) is 2. The van der Waals surface area contributed by atoms with E-state index in [1.165, 1.54) is 38.9 Å². The fourth-order valence-corrected chi connectivity index (χ4v) is 2.63. The summed E-state index contributed by atoms with van der Waals surface area (Å²) in [6, 6.07) is 0. The molecule has 3 N–H and O–H groups in total. The Balaban J connectivity index is 2.53. The van der Waals surface area contributed by atoms with Crippen LogP contribution in [0.3, 0.4) is 0 Å². The van der Waals surface area contributed by atoms with Gasteiger partial charge in [0.2, 0.25) is 0 Å². The van der Waals surface area contributed by atoms with Crippen LogP contribution in [0.25, 0.3) is 0 Å². The van der Waals surface area contributed by atoms with E-state index in [9.17, 15) is 0 Å². The van der Waals surface area contributed by atoms with Crippen molar-refractivity contribution in [3.63, 3.8) is 0 Å². The van der Waals surface area contributed by atoms with Crippen LogP contribution in [0.4, 0.5) is 0 Å². The van der Waals surface area contributed by atoms with Crippen molar-refractivity contribution in [1.29, 1.82) is 0 Å². The summed E-state index contributed by atoms with van der Waals surface area (Å²) in [7, 11) is 4.10. The molecule has 1 unspecified atom stereocenters. The Labute approximate surface area is 100 Å². The zero-order valence-electron chi connectivity index (χ0n) is 11.1. The first-order valence-electron chi connectivity index (χ1n) is 6.49. The molecule has 96 valence electrons. The normalized spacial score (nSPS) is 28.3. The Kier molecular flexibility index (Phi) is 5.69. The van der Waals surface area contributed by atoms with Gasteiger partial charge in [0, 0.05) is 26.2 Å². The van der Waals surface area contributed by atoms with Gasteiger partial charge in [0.25, 0.3) is 0 Å². The maximum atomic E-state index is 5.97. The lowest BCUT2D eigenvalue weighted by Crippen LogP contribution is -2.56. The zero-order chi connectivity index (χ0) is 12.0. The molecule has 0 saturated carbocycles. The summed E-state index contributed by atoms with van der Waals surface area (Å²) in [4.78, 5) is 2.56. The number of nitrogens with one attached hydrogen (secondary N) is 1. The van der Waals surface area contributed by atoms with Crippen molar-refractivity contribution in [1.82, 2.24) is 15.3 Å². The molecular weight excluding hydrogens is 200 g/mol. The van der Waals surface area contributed by atoms with Crippen LogP contribution in [0.2, 0.25) is 0 Å². The number of hydrogen-bond donors (Lipinski definition) is 2. The maximum absolute atomic E-state index is 5.97. The van der Waals surface area contributed by atoms with Gasteiger partial charge in [-0.3, -0.25) is 5.01 Å². The summed E-state index contributed by atoms with van der Waals surface area (Å²) >= 11 is 0. The number of likely N-dealkylation sites (tertiary alicyclic amines) is 1. The van der Waals surface area contributed by atoms with E-state index in [2.05, 4.69) is 17.2 Å². The average Bonchev–Trinajstić information content (AvgIpc) is 2.42. The van der Waals surface area contributed by atoms with Gasteiger partial charge in [-0.2, -0.15) is 0 Å². The highest BCUT2D eigenvalue weighted by atomic mass is 15.5. The lowest BCUT2D eigenvalue weighted by molar-refractivity contribution is 0.144. The summed E-state index contributed by atoms with van der Waals surface area (Å²) in [5, 5.41) is 2.04. The van der Waals surface area contributed by atoms with Crippen molar-refractivity contribution < 1.29 is 0 Å². The number of hydrogen-bond acceptors (Lipinski definition) is 4. The van der Waals surface area contributed by atoms with Crippen LogP contribution in [0.15, 0.2) is 0 Å². The molecule has 1 atom stereocenters. The maximum Gasteiger partial charge on any atom is 0.0460 e. The Hall–Kier alpha value is -0.160. The third-order valence-electron chi connectivity index (χ3n) is 3.43. The summed E-state index contributed by atoms with van der Waals surface area (Å²) in [6.45, 7) is 6.60. The van der Waals surface area contributed by atoms with Gasteiger partial charge < -0.3 is 10.6 Å². The zero-order valence-corrected chi connectivity index (χ0v) is 11.1. The molecule has 1 heterocycles.